The van der Waals surface area contributed by atoms with E-state index in [0.29, 0.717) is 0 Å². The molecule has 0 bridgehead atoms. The Morgan fingerprint density at radius 3 is 1.97 bits per heavy atom. The van der Waals surface area contributed by atoms with E-state index in [4.69, 9.17) is 29.2 Å². The predicted molar refractivity (Wildman–Crippen MR) is 123 cm³/mol. The van der Waals surface area contributed by atoms with Crippen molar-refractivity contribution < 1.29 is 26.2 Å². The van der Waals surface area contributed by atoms with Gasteiger partial charge in [0, 0.05) is 0 Å². The van der Waals surface area contributed by atoms with E-state index in [0.717, 1.165) is 5.41 Å². The molecule has 1 saturated heterocycles. The highest BCUT2D eigenvalue weighted by molar-refractivity contribution is 7.90. The molecule has 0 aromatic carbocycles. The monoisotopic (exact) mass is 480 g/mol. The summed E-state index contributed by atoms with van der Waals surface area (Å²) in [7, 11) is -8.47. The second-order valence-electron chi connectivity index (χ2n) is 11.4. The first-order chi connectivity index (χ1) is 13.2. The van der Waals surface area contributed by atoms with Gasteiger partial charge in [0.25, 0.3) is 10.1 Å². The predicted octanol–water partition coefficient (Wildman–Crippen LogP) is 2.98. The minimum absolute atomic E-state index is 0.0259. The van der Waals surface area contributed by atoms with Gasteiger partial charge in [0.2, 0.25) is 0 Å². The Labute approximate surface area is 184 Å². The summed E-state index contributed by atoms with van der Waals surface area (Å²) in [4.78, 5) is 0. The Balaban J connectivity index is 2.44. The fourth-order valence-electron chi connectivity index (χ4n) is 3.06. The first-order valence-corrected chi connectivity index (χ1v) is 17.6. The van der Waals surface area contributed by atoms with Crippen molar-refractivity contribution in [1.82, 2.24) is 0 Å². The summed E-state index contributed by atoms with van der Waals surface area (Å²) in [6.45, 7) is 21.1. The average molecular weight is 481 g/mol. The Morgan fingerprint density at radius 2 is 1.57 bits per heavy atom. The van der Waals surface area contributed by atoms with E-state index in [1.807, 2.05) is 0 Å². The number of rotatable bonds is 5. The summed E-state index contributed by atoms with van der Waals surface area (Å²) in [6, 6.07) is 0. The summed E-state index contributed by atoms with van der Waals surface area (Å²) in [5, 5.41) is 0.789. The summed E-state index contributed by atoms with van der Waals surface area (Å²) in [6.07, 6.45) is -2.56. The molecule has 0 aliphatic carbocycles. The molecule has 176 valence electrons. The maximum Gasteiger partial charge on any atom is 0.292 e. The van der Waals surface area contributed by atoms with Gasteiger partial charge in [-0.15, -0.1) is 0 Å². The number of nitrogens with two attached hydrogens (primary N) is 2. The lowest BCUT2D eigenvalue weighted by atomic mass is 9.90. The van der Waals surface area contributed by atoms with Crippen LogP contribution in [0.2, 0.25) is 36.3 Å². The Kier molecular flexibility index (Phi) is 6.62. The highest BCUT2D eigenvalue weighted by atomic mass is 32.2. The molecule has 2 aliphatic rings. The third kappa shape index (κ3) is 4.58. The summed E-state index contributed by atoms with van der Waals surface area (Å²) in [5.74, 6) is 0. The summed E-state index contributed by atoms with van der Waals surface area (Å²) < 4.78 is 49.2. The average Bonchev–Trinajstić information content (AvgIpc) is 2.90. The molecule has 2 aliphatic heterocycles. The molecule has 1 fully saturated rings. The second kappa shape index (κ2) is 7.65. The van der Waals surface area contributed by atoms with Crippen LogP contribution in [-0.4, -0.2) is 55.7 Å². The SMILES string of the molecule is CC(C)(C)[Si](C)(C)OC[C@H]1O[C@@H](N)[C@H](O[Si](C)(C)C(C)(C)C)[C@]12OS(=O)(=O)C=C2N. The topological polar surface area (TPSA) is 123 Å². The van der Waals surface area contributed by atoms with Crippen molar-refractivity contribution in [2.24, 2.45) is 11.5 Å². The van der Waals surface area contributed by atoms with Crippen LogP contribution < -0.4 is 11.5 Å². The van der Waals surface area contributed by atoms with Crippen molar-refractivity contribution >= 4 is 26.8 Å². The largest absolute Gasteiger partial charge is 0.414 e. The third-order valence-corrected chi connectivity index (χ3v) is 17.1. The van der Waals surface area contributed by atoms with E-state index < -0.39 is 50.8 Å². The second-order valence-corrected chi connectivity index (χ2v) is 22.4. The molecular formula is C19H40N2O6SSi2. The molecule has 0 saturated carbocycles. The van der Waals surface area contributed by atoms with Gasteiger partial charge < -0.3 is 25.1 Å². The zero-order valence-electron chi connectivity index (χ0n) is 20.0. The molecule has 30 heavy (non-hydrogen) atoms. The minimum atomic E-state index is -3.98. The van der Waals surface area contributed by atoms with E-state index in [-0.39, 0.29) is 22.4 Å². The van der Waals surface area contributed by atoms with Crippen LogP contribution in [0.4, 0.5) is 0 Å². The molecule has 0 amide bonds. The lowest BCUT2D eigenvalue weighted by Crippen LogP contribution is -2.60. The van der Waals surface area contributed by atoms with Crippen molar-refractivity contribution in [2.75, 3.05) is 6.61 Å². The van der Waals surface area contributed by atoms with E-state index in [2.05, 4.69) is 67.7 Å². The Bertz CT molecular complexity index is 801. The molecule has 4 N–H and O–H groups in total. The molecule has 2 heterocycles. The van der Waals surface area contributed by atoms with Gasteiger partial charge >= 0.3 is 0 Å². The maximum absolute atomic E-state index is 12.4. The minimum Gasteiger partial charge on any atom is -0.414 e. The van der Waals surface area contributed by atoms with Crippen LogP contribution in [0.25, 0.3) is 0 Å². The van der Waals surface area contributed by atoms with Crippen molar-refractivity contribution in [3.8, 4) is 0 Å². The fourth-order valence-corrected chi connectivity index (χ4v) is 6.59. The van der Waals surface area contributed by atoms with Crippen LogP contribution in [0.3, 0.4) is 0 Å². The molecule has 0 unspecified atom stereocenters. The molecule has 0 aromatic heterocycles. The van der Waals surface area contributed by atoms with Crippen LogP contribution in [0.1, 0.15) is 41.5 Å². The zero-order valence-corrected chi connectivity index (χ0v) is 22.8. The quantitative estimate of drug-likeness (QED) is 0.455. The molecular weight excluding hydrogens is 440 g/mol. The van der Waals surface area contributed by atoms with Crippen molar-refractivity contribution in [3.63, 3.8) is 0 Å². The normalized spacial score (nSPS) is 32.6. The summed E-state index contributed by atoms with van der Waals surface area (Å²) >= 11 is 0. The van der Waals surface area contributed by atoms with Crippen LogP contribution >= 0.6 is 0 Å². The number of ether oxygens (including phenoxy) is 1. The van der Waals surface area contributed by atoms with E-state index >= 15 is 0 Å². The van der Waals surface area contributed by atoms with Crippen LogP contribution in [0, 0.1) is 0 Å². The summed E-state index contributed by atoms with van der Waals surface area (Å²) in [5.41, 5.74) is 11.1. The van der Waals surface area contributed by atoms with E-state index in [1.165, 1.54) is 0 Å². The Morgan fingerprint density at radius 1 is 1.07 bits per heavy atom. The molecule has 4 atom stereocenters. The van der Waals surface area contributed by atoms with Gasteiger partial charge in [-0.1, -0.05) is 41.5 Å². The maximum atomic E-state index is 12.4. The van der Waals surface area contributed by atoms with Crippen molar-refractivity contribution in [2.45, 2.75) is 102 Å². The van der Waals surface area contributed by atoms with Gasteiger partial charge in [-0.25, -0.2) is 4.18 Å². The molecule has 8 nitrogen and oxygen atoms in total. The van der Waals surface area contributed by atoms with E-state index in [1.54, 1.807) is 0 Å². The third-order valence-electron chi connectivity index (χ3n) is 7.13. The van der Waals surface area contributed by atoms with Crippen LogP contribution in [0.15, 0.2) is 11.1 Å². The molecule has 2 rings (SSSR count). The van der Waals surface area contributed by atoms with E-state index in [9.17, 15) is 8.42 Å². The van der Waals surface area contributed by atoms with Crippen LogP contribution in [-0.2, 0) is 27.9 Å². The lowest BCUT2D eigenvalue weighted by Gasteiger charge is -2.43. The number of hydrogen-bond donors (Lipinski definition) is 2. The molecule has 1 spiro atoms. The van der Waals surface area contributed by atoms with Crippen molar-refractivity contribution in [1.29, 1.82) is 0 Å². The fraction of sp³-hybridized carbons (Fsp3) is 0.895. The molecule has 0 radical (unpaired) electrons. The highest BCUT2D eigenvalue weighted by Crippen LogP contribution is 2.48. The van der Waals surface area contributed by atoms with Gasteiger partial charge in [-0.2, -0.15) is 8.42 Å². The van der Waals surface area contributed by atoms with Gasteiger partial charge in [0.15, 0.2) is 22.2 Å². The zero-order chi connectivity index (χ0) is 23.6. The van der Waals surface area contributed by atoms with Crippen molar-refractivity contribution in [3.05, 3.63) is 11.1 Å². The number of hydrogen-bond acceptors (Lipinski definition) is 8. The van der Waals surface area contributed by atoms with Gasteiger partial charge in [-0.3, -0.25) is 0 Å². The smallest absolute Gasteiger partial charge is 0.292 e. The lowest BCUT2D eigenvalue weighted by molar-refractivity contribution is -0.0394. The first kappa shape index (κ1) is 26.0. The molecule has 0 aromatic rings. The van der Waals surface area contributed by atoms with Gasteiger partial charge in [-0.05, 0) is 36.3 Å². The standard InChI is InChI=1S/C19H40N2O6SSi2/c1-17(2,3)29(7,8)24-11-14-19(13(20)12-28(22,23)27-19)15(16(21)25-14)26-30(9,10)18(4,5)6/h12,14-16H,11,20-21H2,1-10H3/t14-,15+,16-,19-/m1/s1. The Hall–Kier alpha value is -0.276. The first-order valence-electron chi connectivity index (χ1n) is 10.3. The highest BCUT2D eigenvalue weighted by Gasteiger charge is 2.66. The van der Waals surface area contributed by atoms with Crippen LogP contribution in [0.5, 0.6) is 0 Å². The molecule has 11 heteroatoms. The van der Waals surface area contributed by atoms with Gasteiger partial charge in [0.1, 0.15) is 18.4 Å². The van der Waals surface area contributed by atoms with Gasteiger partial charge in [0.05, 0.1) is 17.7 Å².